The third-order valence-corrected chi connectivity index (χ3v) is 4.07. The van der Waals surface area contributed by atoms with Gasteiger partial charge in [-0.25, -0.2) is 15.1 Å². The van der Waals surface area contributed by atoms with Gasteiger partial charge in [-0.3, -0.25) is 0 Å². The lowest BCUT2D eigenvalue weighted by Gasteiger charge is -1.98. The van der Waals surface area contributed by atoms with Gasteiger partial charge in [-0.1, -0.05) is 31.9 Å². The van der Waals surface area contributed by atoms with Crippen LogP contribution in [-0.4, -0.2) is 37.8 Å². The van der Waals surface area contributed by atoms with Crippen molar-refractivity contribution in [3.8, 4) is 11.5 Å². The van der Waals surface area contributed by atoms with Crippen LogP contribution in [0.1, 0.15) is 11.1 Å². The van der Waals surface area contributed by atoms with E-state index in [2.05, 4.69) is 57.0 Å². The van der Waals surface area contributed by atoms with Gasteiger partial charge >= 0.3 is 0 Å². The Kier molecular flexibility index (Phi) is 5.25. The number of aliphatic imine (C=N–C) groups is 2. The molecule has 0 aliphatic rings. The van der Waals surface area contributed by atoms with Crippen molar-refractivity contribution in [2.24, 2.45) is 9.98 Å². The Bertz CT molecular complexity index is 893. The van der Waals surface area contributed by atoms with Gasteiger partial charge in [0.2, 0.25) is 5.95 Å². The van der Waals surface area contributed by atoms with Gasteiger partial charge < -0.3 is 10.2 Å². The molecule has 0 aliphatic heterocycles. The van der Waals surface area contributed by atoms with Gasteiger partial charge in [0.05, 0.1) is 0 Å². The highest BCUT2D eigenvalue weighted by molar-refractivity contribution is 9.10. The van der Waals surface area contributed by atoms with Crippen LogP contribution in [0.5, 0.6) is 11.5 Å². The van der Waals surface area contributed by atoms with Gasteiger partial charge in [0.1, 0.15) is 11.5 Å². The topological polar surface area (TPSA) is 107 Å². The van der Waals surface area contributed by atoms with E-state index in [1.807, 2.05) is 0 Å². The lowest BCUT2D eigenvalue weighted by Crippen LogP contribution is -1.83. The molecule has 0 bridgehead atoms. The monoisotopic (exact) mass is 463 g/mol. The van der Waals surface area contributed by atoms with Gasteiger partial charge in [0.25, 0.3) is 5.95 Å². The average Bonchev–Trinajstić information content (AvgIpc) is 3.04. The molecule has 126 valence electrons. The summed E-state index contributed by atoms with van der Waals surface area (Å²) in [6, 6.07) is 10.0. The third kappa shape index (κ3) is 4.52. The maximum atomic E-state index is 9.77. The number of H-pyrrole nitrogens is 1. The van der Waals surface area contributed by atoms with E-state index in [0.29, 0.717) is 11.1 Å². The van der Waals surface area contributed by atoms with Crippen molar-refractivity contribution in [3.63, 3.8) is 0 Å². The minimum atomic E-state index is 0.103. The van der Waals surface area contributed by atoms with Crippen LogP contribution in [0.15, 0.2) is 55.3 Å². The van der Waals surface area contributed by atoms with E-state index in [4.69, 9.17) is 0 Å². The van der Waals surface area contributed by atoms with Crippen LogP contribution >= 0.6 is 31.9 Å². The molecule has 3 N–H and O–H groups in total. The van der Waals surface area contributed by atoms with Gasteiger partial charge in [-0.05, 0) is 36.4 Å². The maximum Gasteiger partial charge on any atom is 0.269 e. The predicted molar refractivity (Wildman–Crippen MR) is 103 cm³/mol. The number of phenols is 2. The number of halogens is 2. The van der Waals surface area contributed by atoms with Crippen molar-refractivity contribution in [1.29, 1.82) is 0 Å². The molecule has 0 aliphatic carbocycles. The Labute approximate surface area is 159 Å². The quantitative estimate of drug-likeness (QED) is 0.502. The summed E-state index contributed by atoms with van der Waals surface area (Å²) in [5, 5.41) is 26.1. The van der Waals surface area contributed by atoms with Crippen molar-refractivity contribution in [2.45, 2.75) is 0 Å². The van der Waals surface area contributed by atoms with Crippen LogP contribution in [0.25, 0.3) is 0 Å². The summed E-state index contributed by atoms with van der Waals surface area (Å²) in [7, 11) is 0. The number of nitrogens with zero attached hydrogens (tertiary/aromatic N) is 4. The van der Waals surface area contributed by atoms with Crippen molar-refractivity contribution >= 4 is 56.2 Å². The van der Waals surface area contributed by atoms with Gasteiger partial charge in [0.15, 0.2) is 0 Å². The average molecular weight is 465 g/mol. The van der Waals surface area contributed by atoms with E-state index in [9.17, 15) is 10.2 Å². The largest absolute Gasteiger partial charge is 0.507 e. The highest BCUT2D eigenvalue weighted by atomic mass is 79.9. The molecule has 7 nitrogen and oxygen atoms in total. The Balaban J connectivity index is 1.76. The van der Waals surface area contributed by atoms with E-state index >= 15 is 0 Å². The number of hydrogen-bond acceptors (Lipinski definition) is 6. The zero-order chi connectivity index (χ0) is 17.8. The molecule has 0 spiro atoms. The van der Waals surface area contributed by atoms with Gasteiger partial charge in [-0.15, -0.1) is 5.10 Å². The predicted octanol–water partition coefficient (Wildman–Crippen LogP) is 4.24. The highest BCUT2D eigenvalue weighted by Crippen LogP contribution is 2.22. The van der Waals surface area contributed by atoms with E-state index < -0.39 is 0 Å². The summed E-state index contributed by atoms with van der Waals surface area (Å²) in [5.41, 5.74) is 1.07. The van der Waals surface area contributed by atoms with Crippen molar-refractivity contribution in [1.82, 2.24) is 15.2 Å². The lowest BCUT2D eigenvalue weighted by molar-refractivity contribution is 0.474. The molecule has 0 fully saturated rings. The Hall–Kier alpha value is -2.52. The molecule has 25 heavy (non-hydrogen) atoms. The fourth-order valence-electron chi connectivity index (χ4n) is 1.88. The summed E-state index contributed by atoms with van der Waals surface area (Å²) in [5.74, 6) is 0.621. The summed E-state index contributed by atoms with van der Waals surface area (Å²) >= 11 is 6.66. The summed E-state index contributed by atoms with van der Waals surface area (Å²) < 4.78 is 1.64. The smallest absolute Gasteiger partial charge is 0.269 e. The molecular formula is C16H11Br2N5O2. The number of aromatic hydroxyl groups is 2. The number of benzene rings is 2. The van der Waals surface area contributed by atoms with Crippen LogP contribution in [-0.2, 0) is 0 Å². The summed E-state index contributed by atoms with van der Waals surface area (Å²) in [4.78, 5) is 12.3. The molecule has 2 aromatic carbocycles. The van der Waals surface area contributed by atoms with Crippen LogP contribution in [0.2, 0.25) is 0 Å². The Morgan fingerprint density at radius 1 is 0.880 bits per heavy atom. The first-order valence-corrected chi connectivity index (χ1v) is 8.57. The van der Waals surface area contributed by atoms with Crippen LogP contribution in [0.4, 0.5) is 11.9 Å². The maximum absolute atomic E-state index is 9.77. The SMILES string of the molecule is Oc1ccc(Br)cc1/C=N/c1n[nH]c(/N=C/c2cc(Br)ccc2O)n1. The molecule has 1 aromatic heterocycles. The molecule has 1 heterocycles. The molecule has 0 unspecified atom stereocenters. The molecular weight excluding hydrogens is 454 g/mol. The molecule has 3 aromatic rings. The number of hydrogen-bond donors (Lipinski definition) is 3. The second kappa shape index (κ2) is 7.58. The zero-order valence-corrected chi connectivity index (χ0v) is 15.7. The first-order valence-electron chi connectivity index (χ1n) is 6.99. The van der Waals surface area contributed by atoms with E-state index in [-0.39, 0.29) is 23.4 Å². The molecule has 3 rings (SSSR count). The lowest BCUT2D eigenvalue weighted by atomic mass is 10.2. The van der Waals surface area contributed by atoms with E-state index in [0.717, 1.165) is 8.95 Å². The first-order chi connectivity index (χ1) is 12.0. The van der Waals surface area contributed by atoms with Gasteiger partial charge in [0, 0.05) is 32.5 Å². The van der Waals surface area contributed by atoms with Crippen LogP contribution in [0, 0.1) is 0 Å². The summed E-state index contributed by atoms with van der Waals surface area (Å²) in [6.07, 6.45) is 2.92. The number of nitrogens with one attached hydrogen (secondary N) is 1. The van der Waals surface area contributed by atoms with E-state index in [1.54, 1.807) is 36.4 Å². The second-order valence-corrected chi connectivity index (χ2v) is 6.71. The molecule has 0 amide bonds. The molecule has 0 saturated heterocycles. The fraction of sp³-hybridized carbons (Fsp3) is 0. The van der Waals surface area contributed by atoms with Crippen molar-refractivity contribution < 1.29 is 10.2 Å². The minimum absolute atomic E-state index is 0.103. The Morgan fingerprint density at radius 2 is 1.44 bits per heavy atom. The molecule has 0 atom stereocenters. The highest BCUT2D eigenvalue weighted by Gasteiger charge is 2.03. The Morgan fingerprint density at radius 3 is 2.04 bits per heavy atom. The van der Waals surface area contributed by atoms with Crippen molar-refractivity contribution in [3.05, 3.63) is 56.5 Å². The van der Waals surface area contributed by atoms with Crippen LogP contribution < -0.4 is 0 Å². The second-order valence-electron chi connectivity index (χ2n) is 4.88. The number of rotatable bonds is 4. The van der Waals surface area contributed by atoms with Crippen LogP contribution in [0.3, 0.4) is 0 Å². The fourth-order valence-corrected chi connectivity index (χ4v) is 2.63. The standard InChI is InChI=1S/C16H11Br2N5O2/c17-11-1-3-13(24)9(5-11)7-19-15-21-16(23-22-15)20-8-10-6-12(18)2-4-14(10)25/h1-8,24-25H,(H,21,22,23)/b19-7+,20-8+. The molecule has 0 saturated carbocycles. The number of aromatic nitrogens is 3. The molecule has 9 heteroatoms. The minimum Gasteiger partial charge on any atom is -0.507 e. The summed E-state index contributed by atoms with van der Waals surface area (Å²) in [6.45, 7) is 0. The van der Waals surface area contributed by atoms with Gasteiger partial charge in [-0.2, -0.15) is 4.98 Å². The van der Waals surface area contributed by atoms with E-state index in [1.165, 1.54) is 12.4 Å². The number of phenolic OH excluding ortho intramolecular Hbond substituents is 2. The normalized spacial score (nSPS) is 11.6. The first kappa shape index (κ1) is 17.3. The van der Waals surface area contributed by atoms with Crippen molar-refractivity contribution in [2.75, 3.05) is 0 Å². The number of aromatic amines is 1. The third-order valence-electron chi connectivity index (χ3n) is 3.09. The zero-order valence-electron chi connectivity index (χ0n) is 12.6. The molecule has 0 radical (unpaired) electrons.